The maximum absolute atomic E-state index is 11.7. The lowest BCUT2D eigenvalue weighted by Crippen LogP contribution is -2.47. The first-order chi connectivity index (χ1) is 9.46. The quantitative estimate of drug-likeness (QED) is 0.811. The van der Waals surface area contributed by atoms with Gasteiger partial charge in [-0.2, -0.15) is 0 Å². The van der Waals surface area contributed by atoms with Crippen LogP contribution in [0.5, 0.6) is 0 Å². The molecule has 20 heavy (non-hydrogen) atoms. The van der Waals surface area contributed by atoms with Crippen molar-refractivity contribution >= 4 is 9.84 Å². The van der Waals surface area contributed by atoms with Crippen LogP contribution in [0, 0.1) is 5.92 Å². The third-order valence-corrected chi connectivity index (χ3v) is 6.24. The molecule has 0 radical (unpaired) electrons. The lowest BCUT2D eigenvalue weighted by Gasteiger charge is -2.32. The van der Waals surface area contributed by atoms with Crippen molar-refractivity contribution in [2.75, 3.05) is 31.1 Å². The molecule has 5 heteroatoms. The summed E-state index contributed by atoms with van der Waals surface area (Å²) in [6, 6.07) is 0.891. The standard InChI is InChI=1S/C15H30N2O2S/c1-13(2)11-17(15-5-3-4-6-15)9-7-14-12-20(18,19)10-8-16-14/h13-16H,3-12H2,1-2H3. The molecular weight excluding hydrogens is 272 g/mol. The monoisotopic (exact) mass is 302 g/mol. The molecule has 2 rings (SSSR count). The molecule has 1 N–H and O–H groups in total. The summed E-state index contributed by atoms with van der Waals surface area (Å²) in [6.07, 6.45) is 6.32. The Morgan fingerprint density at radius 2 is 1.95 bits per heavy atom. The van der Waals surface area contributed by atoms with Crippen LogP contribution in [-0.4, -0.2) is 56.5 Å². The number of sulfone groups is 1. The first-order valence-corrected chi connectivity index (χ1v) is 9.96. The van der Waals surface area contributed by atoms with Crippen molar-refractivity contribution in [1.29, 1.82) is 0 Å². The highest BCUT2D eigenvalue weighted by molar-refractivity contribution is 7.91. The fourth-order valence-corrected chi connectivity index (χ4v) is 5.03. The van der Waals surface area contributed by atoms with Gasteiger partial charge in [-0.1, -0.05) is 26.7 Å². The third kappa shape index (κ3) is 5.01. The van der Waals surface area contributed by atoms with Crippen molar-refractivity contribution in [3.8, 4) is 0 Å². The van der Waals surface area contributed by atoms with Gasteiger partial charge in [-0.3, -0.25) is 0 Å². The Balaban J connectivity index is 1.84. The molecule has 0 aromatic rings. The average Bonchev–Trinajstić information content (AvgIpc) is 2.86. The van der Waals surface area contributed by atoms with E-state index < -0.39 is 9.84 Å². The van der Waals surface area contributed by atoms with Crippen molar-refractivity contribution in [2.45, 2.75) is 58.0 Å². The lowest BCUT2D eigenvalue weighted by molar-refractivity contribution is 0.169. The molecule has 0 aromatic heterocycles. The zero-order valence-electron chi connectivity index (χ0n) is 13.0. The third-order valence-electron chi connectivity index (χ3n) is 4.51. The van der Waals surface area contributed by atoms with Crippen LogP contribution in [0.2, 0.25) is 0 Å². The van der Waals surface area contributed by atoms with E-state index in [1.54, 1.807) is 0 Å². The maximum Gasteiger partial charge on any atom is 0.153 e. The zero-order valence-corrected chi connectivity index (χ0v) is 13.8. The minimum absolute atomic E-state index is 0.157. The van der Waals surface area contributed by atoms with Gasteiger partial charge in [0, 0.05) is 25.2 Å². The molecule has 2 aliphatic rings. The molecule has 1 saturated carbocycles. The van der Waals surface area contributed by atoms with Gasteiger partial charge in [0.1, 0.15) is 0 Å². The van der Waals surface area contributed by atoms with Crippen LogP contribution in [0.15, 0.2) is 0 Å². The van der Waals surface area contributed by atoms with Crippen LogP contribution in [0.25, 0.3) is 0 Å². The second kappa shape index (κ2) is 7.23. The van der Waals surface area contributed by atoms with E-state index in [2.05, 4.69) is 24.1 Å². The van der Waals surface area contributed by atoms with Gasteiger partial charge in [0.25, 0.3) is 0 Å². The maximum atomic E-state index is 11.7. The molecule has 0 bridgehead atoms. The molecule has 118 valence electrons. The Morgan fingerprint density at radius 1 is 1.25 bits per heavy atom. The molecular formula is C15H30N2O2S. The van der Waals surface area contributed by atoms with Crippen molar-refractivity contribution in [3.05, 3.63) is 0 Å². The molecule has 1 atom stereocenters. The summed E-state index contributed by atoms with van der Waals surface area (Å²) in [5, 5.41) is 3.37. The Labute approximate surface area is 124 Å². The number of hydrogen-bond donors (Lipinski definition) is 1. The molecule has 0 spiro atoms. The van der Waals surface area contributed by atoms with E-state index >= 15 is 0 Å². The van der Waals surface area contributed by atoms with Gasteiger partial charge in [-0.05, 0) is 31.7 Å². The van der Waals surface area contributed by atoms with Crippen LogP contribution in [0.1, 0.15) is 46.0 Å². The van der Waals surface area contributed by atoms with E-state index in [1.807, 2.05) is 0 Å². The van der Waals surface area contributed by atoms with Crippen LogP contribution >= 0.6 is 0 Å². The highest BCUT2D eigenvalue weighted by atomic mass is 32.2. The Bertz CT molecular complexity index is 389. The Kier molecular flexibility index (Phi) is 5.87. The van der Waals surface area contributed by atoms with Crippen molar-refractivity contribution in [2.24, 2.45) is 5.92 Å². The first kappa shape index (κ1) is 16.2. The van der Waals surface area contributed by atoms with Crippen molar-refractivity contribution in [1.82, 2.24) is 10.2 Å². The molecule has 1 unspecified atom stereocenters. The second-order valence-electron chi connectivity index (χ2n) is 6.88. The first-order valence-electron chi connectivity index (χ1n) is 8.14. The molecule has 0 amide bonds. The normalized spacial score (nSPS) is 27.5. The van der Waals surface area contributed by atoms with E-state index in [9.17, 15) is 8.42 Å². The summed E-state index contributed by atoms with van der Waals surface area (Å²) in [5.74, 6) is 1.31. The van der Waals surface area contributed by atoms with E-state index in [-0.39, 0.29) is 6.04 Å². The highest BCUT2D eigenvalue weighted by Gasteiger charge is 2.27. The van der Waals surface area contributed by atoms with Gasteiger partial charge in [-0.15, -0.1) is 0 Å². The van der Waals surface area contributed by atoms with Crippen molar-refractivity contribution in [3.63, 3.8) is 0 Å². The number of nitrogens with one attached hydrogen (secondary N) is 1. The summed E-state index contributed by atoms with van der Waals surface area (Å²) in [6.45, 7) is 7.34. The van der Waals surface area contributed by atoms with Crippen LogP contribution < -0.4 is 5.32 Å². The number of hydrogen-bond acceptors (Lipinski definition) is 4. The van der Waals surface area contributed by atoms with Gasteiger partial charge in [0.05, 0.1) is 11.5 Å². The number of nitrogens with zero attached hydrogens (tertiary/aromatic N) is 1. The minimum Gasteiger partial charge on any atom is -0.312 e. The summed E-state index contributed by atoms with van der Waals surface area (Å²) in [4.78, 5) is 2.61. The second-order valence-corrected chi connectivity index (χ2v) is 9.11. The Hall–Kier alpha value is -0.130. The predicted molar refractivity (Wildman–Crippen MR) is 83.7 cm³/mol. The largest absolute Gasteiger partial charge is 0.312 e. The summed E-state index contributed by atoms with van der Waals surface area (Å²) < 4.78 is 23.4. The van der Waals surface area contributed by atoms with Gasteiger partial charge in [0.15, 0.2) is 9.84 Å². The average molecular weight is 302 g/mol. The SMILES string of the molecule is CC(C)CN(CCC1CS(=O)(=O)CCN1)C1CCCC1. The van der Waals surface area contributed by atoms with Crippen LogP contribution in [0.4, 0.5) is 0 Å². The van der Waals surface area contributed by atoms with E-state index in [1.165, 1.54) is 25.7 Å². The van der Waals surface area contributed by atoms with Crippen LogP contribution in [-0.2, 0) is 9.84 Å². The molecule has 0 aromatic carbocycles. The summed E-state index contributed by atoms with van der Waals surface area (Å²) >= 11 is 0. The molecule has 1 heterocycles. The van der Waals surface area contributed by atoms with Crippen LogP contribution in [0.3, 0.4) is 0 Å². The van der Waals surface area contributed by atoms with Gasteiger partial charge < -0.3 is 10.2 Å². The highest BCUT2D eigenvalue weighted by Crippen LogP contribution is 2.24. The molecule has 4 nitrogen and oxygen atoms in total. The van der Waals surface area contributed by atoms with E-state index in [0.29, 0.717) is 24.0 Å². The van der Waals surface area contributed by atoms with Crippen molar-refractivity contribution < 1.29 is 8.42 Å². The molecule has 1 aliphatic heterocycles. The zero-order chi connectivity index (χ0) is 14.6. The predicted octanol–water partition coefficient (Wildman–Crippen LogP) is 1.66. The molecule has 2 fully saturated rings. The minimum atomic E-state index is -2.80. The fourth-order valence-electron chi connectivity index (χ4n) is 3.54. The molecule has 1 aliphatic carbocycles. The summed E-state index contributed by atoms with van der Waals surface area (Å²) in [5.41, 5.74) is 0. The fraction of sp³-hybridized carbons (Fsp3) is 1.00. The van der Waals surface area contributed by atoms with Gasteiger partial charge >= 0.3 is 0 Å². The van der Waals surface area contributed by atoms with E-state index in [0.717, 1.165) is 25.6 Å². The van der Waals surface area contributed by atoms with Gasteiger partial charge in [-0.25, -0.2) is 8.42 Å². The topological polar surface area (TPSA) is 49.4 Å². The smallest absolute Gasteiger partial charge is 0.153 e. The van der Waals surface area contributed by atoms with E-state index in [4.69, 9.17) is 0 Å². The molecule has 1 saturated heterocycles. The Morgan fingerprint density at radius 3 is 2.55 bits per heavy atom. The lowest BCUT2D eigenvalue weighted by atomic mass is 10.1. The number of rotatable bonds is 6. The van der Waals surface area contributed by atoms with Gasteiger partial charge in [0.2, 0.25) is 0 Å². The summed E-state index contributed by atoms with van der Waals surface area (Å²) in [7, 11) is -2.80.